The molecule has 1 amide bonds. The maximum absolute atomic E-state index is 12.0. The van der Waals surface area contributed by atoms with E-state index in [1.807, 2.05) is 13.8 Å². The van der Waals surface area contributed by atoms with Gasteiger partial charge in [0.2, 0.25) is 0 Å². The molecule has 2 N–H and O–H groups in total. The van der Waals surface area contributed by atoms with Crippen LogP contribution in [-0.4, -0.2) is 28.8 Å². The lowest BCUT2D eigenvalue weighted by molar-refractivity contribution is 0.0914. The summed E-state index contributed by atoms with van der Waals surface area (Å²) in [5.74, 6) is 0.603. The maximum Gasteiger partial charge on any atom is 0.257 e. The first kappa shape index (κ1) is 13.7. The Morgan fingerprint density at radius 1 is 1.47 bits per heavy atom. The van der Waals surface area contributed by atoms with Crippen molar-refractivity contribution in [3.8, 4) is 0 Å². The number of carbonyl (C=O) groups is 1. The highest BCUT2D eigenvalue weighted by molar-refractivity contribution is 5.96. The monoisotopic (exact) mass is 240 g/mol. The van der Waals surface area contributed by atoms with Crippen molar-refractivity contribution in [1.82, 2.24) is 10.5 Å². The summed E-state index contributed by atoms with van der Waals surface area (Å²) in [5, 5.41) is 15.6. The highest BCUT2D eigenvalue weighted by Crippen LogP contribution is 2.14. The fourth-order valence-corrected chi connectivity index (χ4v) is 1.76. The minimum Gasteiger partial charge on any atom is -0.396 e. The second-order valence-corrected chi connectivity index (χ2v) is 4.54. The van der Waals surface area contributed by atoms with Crippen molar-refractivity contribution in [2.45, 2.75) is 40.2 Å². The Labute approximate surface area is 101 Å². The van der Waals surface area contributed by atoms with E-state index < -0.39 is 0 Å². The van der Waals surface area contributed by atoms with Gasteiger partial charge in [-0.15, -0.1) is 0 Å². The van der Waals surface area contributed by atoms with Gasteiger partial charge in [0, 0.05) is 12.6 Å². The van der Waals surface area contributed by atoms with Crippen LogP contribution in [0, 0.1) is 19.8 Å². The number of aromatic nitrogens is 1. The molecule has 0 aliphatic carbocycles. The van der Waals surface area contributed by atoms with Crippen molar-refractivity contribution >= 4 is 5.91 Å². The van der Waals surface area contributed by atoms with Gasteiger partial charge >= 0.3 is 0 Å². The molecule has 1 aromatic rings. The van der Waals surface area contributed by atoms with Crippen molar-refractivity contribution in [1.29, 1.82) is 0 Å². The highest BCUT2D eigenvalue weighted by atomic mass is 16.5. The number of aliphatic hydroxyl groups is 1. The van der Waals surface area contributed by atoms with Crippen LogP contribution < -0.4 is 5.32 Å². The minimum absolute atomic E-state index is 0.0406. The summed E-state index contributed by atoms with van der Waals surface area (Å²) >= 11 is 0. The third-order valence-electron chi connectivity index (χ3n) is 2.82. The summed E-state index contributed by atoms with van der Waals surface area (Å²) in [7, 11) is 0. The molecule has 96 valence electrons. The van der Waals surface area contributed by atoms with Crippen LogP contribution in [0.2, 0.25) is 0 Å². The quantitative estimate of drug-likeness (QED) is 0.816. The SMILES string of the molecule is Cc1noc(C)c1C(=O)NC(CCO)C(C)C. The van der Waals surface area contributed by atoms with Crippen molar-refractivity contribution in [3.05, 3.63) is 17.0 Å². The average molecular weight is 240 g/mol. The number of nitrogens with one attached hydrogen (secondary N) is 1. The molecule has 0 aliphatic rings. The lowest BCUT2D eigenvalue weighted by Crippen LogP contribution is -2.39. The molecule has 1 atom stereocenters. The average Bonchev–Trinajstić information content (AvgIpc) is 2.57. The maximum atomic E-state index is 12.0. The van der Waals surface area contributed by atoms with Gasteiger partial charge in [0.25, 0.3) is 5.91 Å². The number of hydrogen-bond donors (Lipinski definition) is 2. The van der Waals surface area contributed by atoms with E-state index in [1.165, 1.54) is 0 Å². The summed E-state index contributed by atoms with van der Waals surface area (Å²) in [6.45, 7) is 7.53. The molecular weight excluding hydrogens is 220 g/mol. The highest BCUT2D eigenvalue weighted by Gasteiger charge is 2.21. The molecule has 1 aromatic heterocycles. The summed E-state index contributed by atoms with van der Waals surface area (Å²) in [5.41, 5.74) is 1.08. The van der Waals surface area contributed by atoms with E-state index in [0.29, 0.717) is 23.4 Å². The number of nitrogens with zero attached hydrogens (tertiary/aromatic N) is 1. The Balaban J connectivity index is 2.77. The van der Waals surface area contributed by atoms with Gasteiger partial charge in [0.15, 0.2) is 0 Å². The molecule has 0 bridgehead atoms. The smallest absolute Gasteiger partial charge is 0.257 e. The summed E-state index contributed by atoms with van der Waals surface area (Å²) in [4.78, 5) is 12.0. The second kappa shape index (κ2) is 5.82. The standard InChI is InChI=1S/C12H20N2O3/c1-7(2)10(5-6-15)13-12(16)11-8(3)14-17-9(11)4/h7,10,15H,5-6H2,1-4H3,(H,13,16). The molecule has 0 saturated heterocycles. The van der Waals surface area contributed by atoms with E-state index in [1.54, 1.807) is 13.8 Å². The van der Waals surface area contributed by atoms with Crippen molar-refractivity contribution in [2.24, 2.45) is 5.92 Å². The minimum atomic E-state index is -0.187. The van der Waals surface area contributed by atoms with Gasteiger partial charge < -0.3 is 14.9 Å². The van der Waals surface area contributed by atoms with Gasteiger partial charge in [-0.05, 0) is 26.2 Å². The van der Waals surface area contributed by atoms with Crippen LogP contribution in [0.4, 0.5) is 0 Å². The predicted molar refractivity (Wildman–Crippen MR) is 63.8 cm³/mol. The lowest BCUT2D eigenvalue weighted by atomic mass is 10.0. The molecule has 0 radical (unpaired) electrons. The van der Waals surface area contributed by atoms with Gasteiger partial charge in [-0.1, -0.05) is 19.0 Å². The van der Waals surface area contributed by atoms with Gasteiger partial charge in [0.1, 0.15) is 11.3 Å². The molecule has 1 heterocycles. The number of amides is 1. The first-order valence-electron chi connectivity index (χ1n) is 5.82. The Bertz CT molecular complexity index is 366. The molecule has 5 nitrogen and oxygen atoms in total. The van der Waals surface area contributed by atoms with E-state index in [2.05, 4.69) is 10.5 Å². The van der Waals surface area contributed by atoms with Crippen LogP contribution in [-0.2, 0) is 0 Å². The van der Waals surface area contributed by atoms with E-state index in [9.17, 15) is 4.79 Å². The van der Waals surface area contributed by atoms with Crippen molar-refractivity contribution < 1.29 is 14.4 Å². The molecule has 0 fully saturated rings. The van der Waals surface area contributed by atoms with Crippen LogP contribution in [0.3, 0.4) is 0 Å². The Morgan fingerprint density at radius 2 is 2.12 bits per heavy atom. The fourth-order valence-electron chi connectivity index (χ4n) is 1.76. The molecule has 1 rings (SSSR count). The first-order chi connectivity index (χ1) is 7.97. The van der Waals surface area contributed by atoms with Gasteiger partial charge in [-0.2, -0.15) is 0 Å². The normalized spacial score (nSPS) is 12.8. The van der Waals surface area contributed by atoms with E-state index >= 15 is 0 Å². The molecular formula is C12H20N2O3. The second-order valence-electron chi connectivity index (χ2n) is 4.54. The number of carbonyl (C=O) groups excluding carboxylic acids is 1. The molecule has 1 unspecified atom stereocenters. The summed E-state index contributed by atoms with van der Waals surface area (Å²) in [6, 6.07) is -0.0406. The van der Waals surface area contributed by atoms with Gasteiger partial charge in [0.05, 0.1) is 5.69 Å². The Morgan fingerprint density at radius 3 is 2.53 bits per heavy atom. The summed E-state index contributed by atoms with van der Waals surface area (Å²) in [6.07, 6.45) is 0.548. The molecule has 0 aromatic carbocycles. The predicted octanol–water partition coefficient (Wildman–Crippen LogP) is 1.43. The zero-order chi connectivity index (χ0) is 13.0. The first-order valence-corrected chi connectivity index (χ1v) is 5.82. The van der Waals surface area contributed by atoms with E-state index in [0.717, 1.165) is 0 Å². The fraction of sp³-hybridized carbons (Fsp3) is 0.667. The number of rotatable bonds is 5. The molecule has 0 spiro atoms. The number of hydrogen-bond acceptors (Lipinski definition) is 4. The van der Waals surface area contributed by atoms with E-state index in [4.69, 9.17) is 9.63 Å². The van der Waals surface area contributed by atoms with Crippen LogP contribution in [0.1, 0.15) is 42.1 Å². The van der Waals surface area contributed by atoms with E-state index in [-0.39, 0.29) is 24.5 Å². The third kappa shape index (κ3) is 3.30. The topological polar surface area (TPSA) is 75.4 Å². The van der Waals surface area contributed by atoms with Crippen LogP contribution in [0.25, 0.3) is 0 Å². The molecule has 0 aliphatic heterocycles. The Hall–Kier alpha value is -1.36. The molecule has 17 heavy (non-hydrogen) atoms. The largest absolute Gasteiger partial charge is 0.396 e. The zero-order valence-electron chi connectivity index (χ0n) is 10.8. The van der Waals surface area contributed by atoms with Crippen LogP contribution in [0.5, 0.6) is 0 Å². The van der Waals surface area contributed by atoms with Crippen LogP contribution >= 0.6 is 0 Å². The zero-order valence-corrected chi connectivity index (χ0v) is 10.8. The summed E-state index contributed by atoms with van der Waals surface area (Å²) < 4.78 is 4.96. The number of aryl methyl sites for hydroxylation is 2. The molecule has 0 saturated carbocycles. The third-order valence-corrected chi connectivity index (χ3v) is 2.82. The number of aliphatic hydroxyl groups excluding tert-OH is 1. The Kier molecular flexibility index (Phi) is 4.69. The van der Waals surface area contributed by atoms with Crippen LogP contribution in [0.15, 0.2) is 4.52 Å². The molecule has 5 heteroatoms. The van der Waals surface area contributed by atoms with Crippen molar-refractivity contribution in [3.63, 3.8) is 0 Å². The van der Waals surface area contributed by atoms with Gasteiger partial charge in [-0.3, -0.25) is 4.79 Å². The van der Waals surface area contributed by atoms with Crippen molar-refractivity contribution in [2.75, 3.05) is 6.61 Å². The lowest BCUT2D eigenvalue weighted by Gasteiger charge is -2.21. The van der Waals surface area contributed by atoms with Gasteiger partial charge in [-0.25, -0.2) is 0 Å².